The van der Waals surface area contributed by atoms with Crippen LogP contribution in [0, 0.1) is 0 Å². The Labute approximate surface area is 148 Å². The van der Waals surface area contributed by atoms with Crippen LogP contribution in [-0.4, -0.2) is 50.1 Å². The zero-order valence-corrected chi connectivity index (χ0v) is 14.3. The number of benzene rings is 2. The van der Waals surface area contributed by atoms with Crippen LogP contribution in [0.3, 0.4) is 0 Å². The maximum absolute atomic E-state index is 12.6. The summed E-state index contributed by atoms with van der Waals surface area (Å²) in [5.74, 6) is 0.00266. The van der Waals surface area contributed by atoms with Gasteiger partial charge in [-0.1, -0.05) is 42.5 Å². The van der Waals surface area contributed by atoms with Crippen molar-refractivity contribution in [2.75, 3.05) is 44.2 Å². The van der Waals surface area contributed by atoms with Crippen molar-refractivity contribution in [3.63, 3.8) is 0 Å². The molecule has 1 fully saturated rings. The van der Waals surface area contributed by atoms with Gasteiger partial charge in [-0.15, -0.1) is 0 Å². The lowest BCUT2D eigenvalue weighted by Crippen LogP contribution is -2.51. The molecule has 0 spiro atoms. The minimum Gasteiger partial charge on any atom is -0.345 e. The van der Waals surface area contributed by atoms with Crippen molar-refractivity contribution < 1.29 is 4.79 Å². The number of anilines is 1. The van der Waals surface area contributed by atoms with E-state index in [0.29, 0.717) is 0 Å². The fraction of sp³-hybridized carbons (Fsp3) is 0.350. The van der Waals surface area contributed by atoms with Crippen molar-refractivity contribution in [2.45, 2.75) is 6.17 Å². The molecular formula is C20H24N4O. The van der Waals surface area contributed by atoms with E-state index >= 15 is 0 Å². The molecule has 5 nitrogen and oxygen atoms in total. The van der Waals surface area contributed by atoms with E-state index in [9.17, 15) is 4.79 Å². The highest BCUT2D eigenvalue weighted by atomic mass is 16.2. The number of para-hydroxylation sites is 1. The molecule has 1 atom stereocenters. The standard InChI is InChI=1S/C20H24N4O/c25-20-17-8-4-5-9-18(17)24(15-14-23-12-10-21-11-13-23)19(22-20)16-6-2-1-3-7-16/h1-9,19,21H,10-15H2,(H,22,25). The normalized spacial score (nSPS) is 20.9. The summed E-state index contributed by atoms with van der Waals surface area (Å²) < 4.78 is 0. The molecule has 0 aromatic heterocycles. The number of hydrogen-bond acceptors (Lipinski definition) is 4. The number of fused-ring (bicyclic) bond motifs is 1. The van der Waals surface area contributed by atoms with Gasteiger partial charge in [-0.05, 0) is 17.7 Å². The Morgan fingerprint density at radius 2 is 1.64 bits per heavy atom. The van der Waals surface area contributed by atoms with Crippen LogP contribution in [0.5, 0.6) is 0 Å². The Hall–Kier alpha value is -2.37. The predicted molar refractivity (Wildman–Crippen MR) is 99.7 cm³/mol. The van der Waals surface area contributed by atoms with E-state index < -0.39 is 0 Å². The SMILES string of the molecule is O=C1NC(c2ccccc2)N(CCN2CCNCC2)c2ccccc21. The van der Waals surface area contributed by atoms with Crippen LogP contribution in [0.1, 0.15) is 22.1 Å². The van der Waals surface area contributed by atoms with Gasteiger partial charge in [0.05, 0.1) is 11.3 Å². The molecule has 2 heterocycles. The number of nitrogens with zero attached hydrogens (tertiary/aromatic N) is 2. The third kappa shape index (κ3) is 3.38. The zero-order chi connectivity index (χ0) is 17.1. The zero-order valence-electron chi connectivity index (χ0n) is 14.3. The smallest absolute Gasteiger partial charge is 0.255 e. The second kappa shape index (κ2) is 7.25. The Morgan fingerprint density at radius 1 is 0.920 bits per heavy atom. The van der Waals surface area contributed by atoms with Crippen LogP contribution in [0.4, 0.5) is 5.69 Å². The summed E-state index contributed by atoms with van der Waals surface area (Å²) in [7, 11) is 0. The van der Waals surface area contributed by atoms with Crippen LogP contribution in [0.2, 0.25) is 0 Å². The first kappa shape index (κ1) is 16.1. The highest BCUT2D eigenvalue weighted by Crippen LogP contribution is 2.32. The number of hydrogen-bond donors (Lipinski definition) is 2. The topological polar surface area (TPSA) is 47.6 Å². The number of amides is 1. The highest BCUT2D eigenvalue weighted by molar-refractivity contribution is 6.02. The lowest BCUT2D eigenvalue weighted by Gasteiger charge is -2.40. The molecule has 1 amide bonds. The average Bonchev–Trinajstić information content (AvgIpc) is 2.69. The molecule has 2 N–H and O–H groups in total. The maximum Gasteiger partial charge on any atom is 0.255 e. The average molecular weight is 336 g/mol. The number of carbonyl (C=O) groups is 1. The third-order valence-corrected chi connectivity index (χ3v) is 5.02. The van der Waals surface area contributed by atoms with E-state index in [1.807, 2.05) is 36.4 Å². The molecule has 5 heteroatoms. The molecule has 2 aliphatic heterocycles. The van der Waals surface area contributed by atoms with Crippen LogP contribution in [0.25, 0.3) is 0 Å². The van der Waals surface area contributed by atoms with Crippen molar-refractivity contribution in [3.05, 3.63) is 65.7 Å². The molecule has 0 saturated carbocycles. The van der Waals surface area contributed by atoms with Crippen molar-refractivity contribution in [3.8, 4) is 0 Å². The van der Waals surface area contributed by atoms with Crippen molar-refractivity contribution in [1.82, 2.24) is 15.5 Å². The molecule has 4 rings (SSSR count). The molecule has 1 unspecified atom stereocenters. The van der Waals surface area contributed by atoms with Crippen LogP contribution >= 0.6 is 0 Å². The Kier molecular flexibility index (Phi) is 4.68. The fourth-order valence-corrected chi connectivity index (χ4v) is 3.67. The first-order valence-corrected chi connectivity index (χ1v) is 8.97. The second-order valence-electron chi connectivity index (χ2n) is 6.59. The predicted octanol–water partition coefficient (Wildman–Crippen LogP) is 1.84. The number of rotatable bonds is 4. The van der Waals surface area contributed by atoms with Crippen molar-refractivity contribution in [2.24, 2.45) is 0 Å². The van der Waals surface area contributed by atoms with Crippen molar-refractivity contribution in [1.29, 1.82) is 0 Å². The van der Waals surface area contributed by atoms with E-state index in [1.165, 1.54) is 0 Å². The van der Waals surface area contributed by atoms with Gasteiger partial charge in [-0.2, -0.15) is 0 Å². The third-order valence-electron chi connectivity index (χ3n) is 5.02. The Morgan fingerprint density at radius 3 is 2.44 bits per heavy atom. The van der Waals surface area contributed by atoms with Crippen molar-refractivity contribution >= 4 is 11.6 Å². The highest BCUT2D eigenvalue weighted by Gasteiger charge is 2.31. The van der Waals surface area contributed by atoms with Gasteiger partial charge < -0.3 is 15.5 Å². The molecule has 0 aliphatic carbocycles. The van der Waals surface area contributed by atoms with Gasteiger partial charge in [-0.25, -0.2) is 0 Å². The van der Waals surface area contributed by atoms with E-state index in [0.717, 1.165) is 56.1 Å². The molecule has 130 valence electrons. The summed E-state index contributed by atoms with van der Waals surface area (Å²) in [6.45, 7) is 6.15. The molecule has 0 radical (unpaired) electrons. The van der Waals surface area contributed by atoms with Crippen LogP contribution < -0.4 is 15.5 Å². The van der Waals surface area contributed by atoms with Crippen LogP contribution in [0.15, 0.2) is 54.6 Å². The van der Waals surface area contributed by atoms with Gasteiger partial charge in [0.2, 0.25) is 0 Å². The van der Waals surface area contributed by atoms with Gasteiger partial charge in [0.25, 0.3) is 5.91 Å². The van der Waals surface area contributed by atoms with Crippen LogP contribution in [-0.2, 0) is 0 Å². The summed E-state index contributed by atoms with van der Waals surface area (Å²) in [6.07, 6.45) is -0.119. The minimum absolute atomic E-state index is 0.00266. The Bertz CT molecular complexity index is 727. The molecule has 2 aromatic rings. The lowest BCUT2D eigenvalue weighted by molar-refractivity contribution is 0.0925. The monoisotopic (exact) mass is 336 g/mol. The quantitative estimate of drug-likeness (QED) is 0.894. The van der Waals surface area contributed by atoms with Gasteiger partial charge in [-0.3, -0.25) is 9.69 Å². The van der Waals surface area contributed by atoms with E-state index in [-0.39, 0.29) is 12.1 Å². The molecule has 2 aromatic carbocycles. The summed E-state index contributed by atoms with van der Waals surface area (Å²) >= 11 is 0. The first-order valence-electron chi connectivity index (χ1n) is 8.97. The molecule has 2 aliphatic rings. The van der Waals surface area contributed by atoms with Gasteiger partial charge in [0.1, 0.15) is 6.17 Å². The number of carbonyl (C=O) groups excluding carboxylic acids is 1. The summed E-state index contributed by atoms with van der Waals surface area (Å²) in [6, 6.07) is 18.1. The summed E-state index contributed by atoms with van der Waals surface area (Å²) in [4.78, 5) is 17.4. The van der Waals surface area contributed by atoms with E-state index in [2.05, 4.69) is 38.6 Å². The van der Waals surface area contributed by atoms with Gasteiger partial charge >= 0.3 is 0 Å². The number of nitrogens with one attached hydrogen (secondary N) is 2. The summed E-state index contributed by atoms with van der Waals surface area (Å²) in [5, 5.41) is 6.58. The minimum atomic E-state index is -0.119. The fourth-order valence-electron chi connectivity index (χ4n) is 3.67. The molecule has 25 heavy (non-hydrogen) atoms. The first-order chi connectivity index (χ1) is 12.3. The number of piperazine rings is 1. The van der Waals surface area contributed by atoms with Gasteiger partial charge in [0, 0.05) is 39.3 Å². The second-order valence-corrected chi connectivity index (χ2v) is 6.59. The summed E-state index contributed by atoms with van der Waals surface area (Å²) in [5.41, 5.74) is 2.90. The van der Waals surface area contributed by atoms with E-state index in [4.69, 9.17) is 0 Å². The lowest BCUT2D eigenvalue weighted by atomic mass is 10.0. The largest absolute Gasteiger partial charge is 0.345 e. The Balaban J connectivity index is 1.62. The molecule has 1 saturated heterocycles. The van der Waals surface area contributed by atoms with E-state index in [1.54, 1.807) is 0 Å². The molecular weight excluding hydrogens is 312 g/mol. The molecule has 0 bridgehead atoms. The maximum atomic E-state index is 12.6. The van der Waals surface area contributed by atoms with Gasteiger partial charge in [0.15, 0.2) is 0 Å².